The van der Waals surface area contributed by atoms with Crippen molar-refractivity contribution in [3.05, 3.63) is 0 Å². The molecule has 1 aliphatic heterocycles. The predicted octanol–water partition coefficient (Wildman–Crippen LogP) is 0.985. The number of rotatable bonds is 8. The number of nitrogens with zero attached hydrogens (tertiary/aromatic N) is 3. The Hall–Kier alpha value is -1.35. The summed E-state index contributed by atoms with van der Waals surface area (Å²) in [6, 6.07) is 0. The van der Waals surface area contributed by atoms with Crippen LogP contribution in [-0.4, -0.2) is 86.7 Å². The molecule has 0 aromatic heterocycles. The monoisotopic (exact) mass is 377 g/mol. The van der Waals surface area contributed by atoms with E-state index in [9.17, 15) is 18.0 Å². The van der Waals surface area contributed by atoms with Crippen LogP contribution in [0.25, 0.3) is 0 Å². The first-order valence-corrected chi connectivity index (χ1v) is 10.6. The normalized spacial score (nSPS) is 15.8. The minimum Gasteiger partial charge on any atom is -0.450 e. The van der Waals surface area contributed by atoms with Crippen molar-refractivity contribution >= 4 is 22.0 Å². The van der Waals surface area contributed by atoms with Gasteiger partial charge in [0.25, 0.3) is 0 Å². The maximum atomic E-state index is 12.3. The van der Waals surface area contributed by atoms with Gasteiger partial charge in [0.1, 0.15) is 0 Å². The molecule has 2 amide bonds. The van der Waals surface area contributed by atoms with Gasteiger partial charge >= 0.3 is 6.09 Å². The molecule has 25 heavy (non-hydrogen) atoms. The van der Waals surface area contributed by atoms with E-state index in [2.05, 4.69) is 0 Å². The van der Waals surface area contributed by atoms with E-state index in [1.807, 2.05) is 13.8 Å². The summed E-state index contributed by atoms with van der Waals surface area (Å²) in [4.78, 5) is 27.3. The van der Waals surface area contributed by atoms with Crippen molar-refractivity contribution in [2.24, 2.45) is 5.92 Å². The maximum absolute atomic E-state index is 12.3. The van der Waals surface area contributed by atoms with Gasteiger partial charge in [-0.1, -0.05) is 13.8 Å². The quantitative estimate of drug-likeness (QED) is 0.629. The molecule has 8 nitrogen and oxygen atoms in total. The number of sulfonamides is 1. The third kappa shape index (κ3) is 7.60. The molecule has 9 heteroatoms. The van der Waals surface area contributed by atoms with Gasteiger partial charge in [0.15, 0.2) is 0 Å². The van der Waals surface area contributed by atoms with Gasteiger partial charge in [-0.25, -0.2) is 17.5 Å². The lowest BCUT2D eigenvalue weighted by molar-refractivity contribution is -0.132. The fraction of sp³-hybridized carbons (Fsp3) is 0.875. The largest absolute Gasteiger partial charge is 0.450 e. The average molecular weight is 378 g/mol. The van der Waals surface area contributed by atoms with E-state index < -0.39 is 10.0 Å². The molecule has 0 saturated carbocycles. The van der Waals surface area contributed by atoms with Gasteiger partial charge in [0, 0.05) is 45.7 Å². The van der Waals surface area contributed by atoms with Crippen LogP contribution >= 0.6 is 0 Å². The van der Waals surface area contributed by atoms with E-state index >= 15 is 0 Å². The Morgan fingerprint density at radius 2 is 1.64 bits per heavy atom. The van der Waals surface area contributed by atoms with Crippen LogP contribution in [0.4, 0.5) is 4.79 Å². The minimum atomic E-state index is -3.32. The summed E-state index contributed by atoms with van der Waals surface area (Å²) >= 11 is 0. The number of hydrogen-bond acceptors (Lipinski definition) is 5. The van der Waals surface area contributed by atoms with E-state index in [1.54, 1.807) is 16.7 Å². The zero-order valence-corrected chi connectivity index (χ0v) is 16.5. The average Bonchev–Trinajstić information content (AvgIpc) is 2.53. The molecule has 0 radical (unpaired) electrons. The van der Waals surface area contributed by atoms with Crippen molar-refractivity contribution in [3.63, 3.8) is 0 Å². The highest BCUT2D eigenvalue weighted by Gasteiger charge is 2.26. The summed E-state index contributed by atoms with van der Waals surface area (Å²) in [5, 5.41) is 0. The Labute approximate surface area is 151 Å². The molecule has 0 aliphatic carbocycles. The summed E-state index contributed by atoms with van der Waals surface area (Å²) < 4.78 is 30.0. The van der Waals surface area contributed by atoms with E-state index in [-0.39, 0.29) is 25.0 Å². The summed E-state index contributed by atoms with van der Waals surface area (Å²) in [6.07, 6.45) is 1.74. The third-order valence-corrected chi connectivity index (χ3v) is 5.46. The van der Waals surface area contributed by atoms with Crippen LogP contribution < -0.4 is 0 Å². The fourth-order valence-corrected chi connectivity index (χ4v) is 3.44. The molecule has 0 N–H and O–H groups in total. The van der Waals surface area contributed by atoms with E-state index in [1.165, 1.54) is 10.6 Å². The van der Waals surface area contributed by atoms with Gasteiger partial charge in [-0.05, 0) is 19.3 Å². The summed E-state index contributed by atoms with van der Waals surface area (Å²) in [5.41, 5.74) is 0. The van der Waals surface area contributed by atoms with Crippen LogP contribution in [0.2, 0.25) is 0 Å². The van der Waals surface area contributed by atoms with E-state index in [4.69, 9.17) is 4.74 Å². The van der Waals surface area contributed by atoms with Gasteiger partial charge in [0.2, 0.25) is 15.9 Å². The zero-order chi connectivity index (χ0) is 19.0. The van der Waals surface area contributed by atoms with Crippen LogP contribution in [0.5, 0.6) is 0 Å². The Morgan fingerprint density at radius 1 is 1.08 bits per heavy atom. The van der Waals surface area contributed by atoms with E-state index in [0.717, 1.165) is 6.42 Å². The molecule has 1 aliphatic rings. The lowest BCUT2D eigenvalue weighted by Crippen LogP contribution is -2.51. The van der Waals surface area contributed by atoms with Gasteiger partial charge in [-0.2, -0.15) is 0 Å². The Balaban J connectivity index is 2.46. The summed E-state index contributed by atoms with van der Waals surface area (Å²) in [7, 11) is -3.32. The van der Waals surface area contributed by atoms with Crippen molar-refractivity contribution in [1.29, 1.82) is 0 Å². The SMILES string of the molecule is CCOC(=O)N1CCN(C(=O)CCN(CCC(C)C)S(C)(=O)=O)CC1. The Bertz CT molecular complexity index is 542. The maximum Gasteiger partial charge on any atom is 0.409 e. The smallest absolute Gasteiger partial charge is 0.409 e. The van der Waals surface area contributed by atoms with Crippen LogP contribution in [0.15, 0.2) is 0 Å². The molecular weight excluding hydrogens is 346 g/mol. The number of amides is 2. The molecule has 0 spiro atoms. The molecule has 0 unspecified atom stereocenters. The van der Waals surface area contributed by atoms with Crippen molar-refractivity contribution in [2.45, 2.75) is 33.6 Å². The van der Waals surface area contributed by atoms with E-state index in [0.29, 0.717) is 45.2 Å². The molecule has 0 bridgehead atoms. The van der Waals surface area contributed by atoms with Gasteiger partial charge in [-0.3, -0.25) is 4.79 Å². The second-order valence-corrected chi connectivity index (χ2v) is 8.64. The molecule has 0 aromatic carbocycles. The Morgan fingerprint density at radius 3 is 2.12 bits per heavy atom. The Kier molecular flexibility index (Phi) is 8.64. The molecule has 1 heterocycles. The first kappa shape index (κ1) is 21.7. The third-order valence-electron chi connectivity index (χ3n) is 4.16. The lowest BCUT2D eigenvalue weighted by Gasteiger charge is -2.34. The highest BCUT2D eigenvalue weighted by Crippen LogP contribution is 2.09. The second-order valence-electron chi connectivity index (χ2n) is 6.66. The molecular formula is C16H31N3O5S. The molecule has 0 aromatic rings. The number of piperazine rings is 1. The number of carbonyl (C=O) groups is 2. The van der Waals surface area contributed by atoms with Gasteiger partial charge in [-0.15, -0.1) is 0 Å². The standard InChI is InChI=1S/C16H31N3O5S/c1-5-24-16(21)18-12-10-17(11-13-18)15(20)7-9-19(25(4,22)23)8-6-14(2)3/h14H,5-13H2,1-4H3. The molecule has 1 rings (SSSR count). The summed E-state index contributed by atoms with van der Waals surface area (Å²) in [5.74, 6) is 0.317. The zero-order valence-electron chi connectivity index (χ0n) is 15.7. The van der Waals surface area contributed by atoms with Crippen LogP contribution in [0.1, 0.15) is 33.6 Å². The topological polar surface area (TPSA) is 87.2 Å². The van der Waals surface area contributed by atoms with Gasteiger partial charge < -0.3 is 14.5 Å². The fourth-order valence-electron chi connectivity index (χ4n) is 2.58. The van der Waals surface area contributed by atoms with Gasteiger partial charge in [0.05, 0.1) is 12.9 Å². The number of ether oxygens (including phenoxy) is 1. The lowest BCUT2D eigenvalue weighted by atomic mass is 10.1. The predicted molar refractivity (Wildman–Crippen MR) is 95.7 cm³/mol. The first-order chi connectivity index (χ1) is 11.6. The number of carbonyl (C=O) groups excluding carboxylic acids is 2. The van der Waals surface area contributed by atoms with Crippen LogP contribution in [-0.2, 0) is 19.6 Å². The second kappa shape index (κ2) is 9.96. The van der Waals surface area contributed by atoms with Crippen LogP contribution in [0, 0.1) is 5.92 Å². The molecule has 146 valence electrons. The molecule has 1 saturated heterocycles. The highest BCUT2D eigenvalue weighted by atomic mass is 32.2. The van der Waals surface area contributed by atoms with Crippen molar-refractivity contribution < 1.29 is 22.7 Å². The summed E-state index contributed by atoms with van der Waals surface area (Å²) in [6.45, 7) is 8.55. The van der Waals surface area contributed by atoms with Crippen molar-refractivity contribution in [2.75, 3.05) is 52.1 Å². The molecule has 1 fully saturated rings. The van der Waals surface area contributed by atoms with Crippen LogP contribution in [0.3, 0.4) is 0 Å². The van der Waals surface area contributed by atoms with Crippen molar-refractivity contribution in [3.8, 4) is 0 Å². The molecule has 0 atom stereocenters. The number of hydrogen-bond donors (Lipinski definition) is 0. The van der Waals surface area contributed by atoms with Crippen molar-refractivity contribution in [1.82, 2.24) is 14.1 Å². The minimum absolute atomic E-state index is 0.0818. The highest BCUT2D eigenvalue weighted by molar-refractivity contribution is 7.88. The first-order valence-electron chi connectivity index (χ1n) is 8.79.